The van der Waals surface area contributed by atoms with Gasteiger partial charge in [0.15, 0.2) is 0 Å². The molecule has 0 heterocycles. The Morgan fingerprint density at radius 3 is 1.46 bits per heavy atom. The molecule has 0 spiro atoms. The summed E-state index contributed by atoms with van der Waals surface area (Å²) < 4.78 is 0. The molecule has 0 aromatic heterocycles. The van der Waals surface area contributed by atoms with Gasteiger partial charge < -0.3 is 2.85 Å². The third kappa shape index (κ3) is 5.98. The molecule has 0 aromatic rings. The predicted molar refractivity (Wildman–Crippen MR) is 54.6 cm³/mol. The topological polar surface area (TPSA) is 0 Å². The minimum absolute atomic E-state index is 0. The molecule has 0 fully saturated rings. The van der Waals surface area contributed by atoms with Crippen LogP contribution < -0.4 is 0 Å². The average Bonchev–Trinajstić information content (AvgIpc) is 2.63. The second kappa shape index (κ2) is 7.25. The van der Waals surface area contributed by atoms with Crippen LogP contribution in [-0.2, 0) is 25.8 Å². The Kier molecular flexibility index (Phi) is 7.16. The van der Waals surface area contributed by atoms with E-state index in [9.17, 15) is 0 Å². The maximum absolute atomic E-state index is 3.12. The van der Waals surface area contributed by atoms with Crippen molar-refractivity contribution in [2.75, 3.05) is 0 Å². The normalized spacial score (nSPS) is 17.1. The van der Waals surface area contributed by atoms with Crippen molar-refractivity contribution >= 4 is 0 Å². The van der Waals surface area contributed by atoms with E-state index < -0.39 is 0 Å². The van der Waals surface area contributed by atoms with Gasteiger partial charge in [-0.1, -0.05) is 13.8 Å². The summed E-state index contributed by atoms with van der Waals surface area (Å²) in [6.07, 6.45) is 16.7. The Hall–Kier alpha value is -0.170. The number of allylic oxidation sites excluding steroid dienone is 8. The van der Waals surface area contributed by atoms with Gasteiger partial charge in [-0.15, -0.1) is 12.8 Å². The van der Waals surface area contributed by atoms with Crippen LogP contribution in [0.5, 0.6) is 0 Å². The molecule has 0 N–H and O–H groups in total. The SMILES string of the molecule is CC1=[C-]CC=C1.CC1=[C-]CC=C1.[H-].[H-].[Hf]. The Bertz CT molecular complexity index is 229. The maximum atomic E-state index is 3.12. The fourth-order valence-electron chi connectivity index (χ4n) is 1.03. The summed E-state index contributed by atoms with van der Waals surface area (Å²) in [5.41, 5.74) is 2.55. The molecule has 0 atom stereocenters. The van der Waals surface area contributed by atoms with Crippen molar-refractivity contribution in [2.24, 2.45) is 0 Å². The molecule has 0 saturated heterocycles. The predicted octanol–water partition coefficient (Wildman–Crippen LogP) is 3.61. The number of hydrogen-bond donors (Lipinski definition) is 0. The average molecular weight is 339 g/mol. The number of rotatable bonds is 0. The first-order valence-corrected chi connectivity index (χ1v) is 4.27. The van der Waals surface area contributed by atoms with Gasteiger partial charge in [0.1, 0.15) is 0 Å². The van der Waals surface area contributed by atoms with Gasteiger partial charge in [-0.25, -0.2) is 23.3 Å². The summed E-state index contributed by atoms with van der Waals surface area (Å²) in [4.78, 5) is 0. The Morgan fingerprint density at radius 1 is 1.00 bits per heavy atom. The molecule has 0 aliphatic heterocycles. The molecular formula is C12H16Hf-4. The van der Waals surface area contributed by atoms with Crippen molar-refractivity contribution in [1.29, 1.82) is 0 Å². The van der Waals surface area contributed by atoms with Crippen LogP contribution in [0, 0.1) is 12.2 Å². The molecule has 0 aromatic carbocycles. The van der Waals surface area contributed by atoms with Crippen molar-refractivity contribution in [2.45, 2.75) is 26.7 Å². The Balaban J connectivity index is -0.000000160. The fraction of sp³-hybridized carbons (Fsp3) is 0.333. The van der Waals surface area contributed by atoms with Gasteiger partial charge in [0, 0.05) is 25.8 Å². The third-order valence-electron chi connectivity index (χ3n) is 1.73. The molecule has 0 nitrogen and oxygen atoms in total. The minimum atomic E-state index is 0. The molecule has 0 amide bonds. The van der Waals surface area contributed by atoms with E-state index in [4.69, 9.17) is 0 Å². The van der Waals surface area contributed by atoms with Gasteiger partial charge in [-0.05, 0) is 0 Å². The second-order valence-corrected chi connectivity index (χ2v) is 2.93. The van der Waals surface area contributed by atoms with Gasteiger partial charge in [0.05, 0.1) is 0 Å². The first kappa shape index (κ1) is 12.8. The molecule has 0 radical (unpaired) electrons. The summed E-state index contributed by atoms with van der Waals surface area (Å²) in [5, 5.41) is 0. The van der Waals surface area contributed by atoms with Crippen LogP contribution in [-0.4, -0.2) is 0 Å². The molecule has 0 bridgehead atoms. The summed E-state index contributed by atoms with van der Waals surface area (Å²) in [7, 11) is 0. The Morgan fingerprint density at radius 2 is 1.38 bits per heavy atom. The van der Waals surface area contributed by atoms with Gasteiger partial charge >= 0.3 is 0 Å². The largest absolute Gasteiger partial charge is 1.00 e. The van der Waals surface area contributed by atoms with Crippen LogP contribution in [0.3, 0.4) is 0 Å². The second-order valence-electron chi connectivity index (χ2n) is 2.93. The zero-order chi connectivity index (χ0) is 8.81. The van der Waals surface area contributed by atoms with Crippen LogP contribution in [0.2, 0.25) is 0 Å². The van der Waals surface area contributed by atoms with E-state index in [2.05, 4.69) is 50.3 Å². The van der Waals surface area contributed by atoms with E-state index in [1.165, 1.54) is 11.1 Å². The van der Waals surface area contributed by atoms with E-state index in [0.717, 1.165) is 12.8 Å². The van der Waals surface area contributed by atoms with E-state index >= 15 is 0 Å². The van der Waals surface area contributed by atoms with E-state index in [1.54, 1.807) is 0 Å². The zero-order valence-corrected chi connectivity index (χ0v) is 11.8. The smallest absolute Gasteiger partial charge is 0 e. The third-order valence-corrected chi connectivity index (χ3v) is 1.73. The van der Waals surface area contributed by atoms with Crippen LogP contribution in [0.25, 0.3) is 0 Å². The summed E-state index contributed by atoms with van der Waals surface area (Å²) in [6.45, 7) is 4.12. The molecule has 2 aliphatic rings. The summed E-state index contributed by atoms with van der Waals surface area (Å²) in [6, 6.07) is 0. The van der Waals surface area contributed by atoms with Crippen LogP contribution in [0.4, 0.5) is 0 Å². The zero-order valence-electron chi connectivity index (χ0n) is 10.2. The van der Waals surface area contributed by atoms with Crippen molar-refractivity contribution in [3.8, 4) is 0 Å². The first-order valence-electron chi connectivity index (χ1n) is 4.27. The molecular weight excluding hydrogens is 323 g/mol. The van der Waals surface area contributed by atoms with Crippen molar-refractivity contribution in [1.82, 2.24) is 0 Å². The minimum Gasteiger partial charge on any atom is -1.00 e. The molecule has 2 aliphatic carbocycles. The van der Waals surface area contributed by atoms with Crippen molar-refractivity contribution < 1.29 is 28.7 Å². The molecule has 0 unspecified atom stereocenters. The van der Waals surface area contributed by atoms with Gasteiger partial charge in [-0.3, -0.25) is 12.2 Å². The summed E-state index contributed by atoms with van der Waals surface area (Å²) in [5.74, 6) is 0. The Labute approximate surface area is 103 Å². The van der Waals surface area contributed by atoms with E-state index in [-0.39, 0.29) is 28.7 Å². The fourth-order valence-corrected chi connectivity index (χ4v) is 1.03. The van der Waals surface area contributed by atoms with Gasteiger partial charge in [0.25, 0.3) is 0 Å². The molecule has 1 heteroatoms. The van der Waals surface area contributed by atoms with E-state index in [0.29, 0.717) is 0 Å². The van der Waals surface area contributed by atoms with Crippen molar-refractivity contribution in [3.05, 3.63) is 47.6 Å². The van der Waals surface area contributed by atoms with Crippen LogP contribution in [0.15, 0.2) is 35.5 Å². The van der Waals surface area contributed by atoms with Crippen molar-refractivity contribution in [3.63, 3.8) is 0 Å². The van der Waals surface area contributed by atoms with E-state index in [1.807, 2.05) is 0 Å². The molecule has 2 rings (SSSR count). The monoisotopic (exact) mass is 340 g/mol. The van der Waals surface area contributed by atoms with Gasteiger partial charge in [0.2, 0.25) is 0 Å². The first-order chi connectivity index (χ1) is 5.79. The number of hydrogen-bond acceptors (Lipinski definition) is 0. The maximum Gasteiger partial charge on any atom is 0 e. The van der Waals surface area contributed by atoms with Crippen LogP contribution >= 0.6 is 0 Å². The standard InChI is InChI=1S/2C6H7.Hf.2H/c2*1-6-4-2-3-5-6;;;/h2*2,4H,3H2,1H3;;;/q2*-1;;2*-1. The van der Waals surface area contributed by atoms with Gasteiger partial charge in [-0.2, -0.15) is 12.2 Å². The molecule has 72 valence electrons. The summed E-state index contributed by atoms with van der Waals surface area (Å²) >= 11 is 0. The molecule has 0 saturated carbocycles. The quantitative estimate of drug-likeness (QED) is 0.467. The molecule has 13 heavy (non-hydrogen) atoms. The van der Waals surface area contributed by atoms with Crippen LogP contribution in [0.1, 0.15) is 29.5 Å².